The van der Waals surface area contributed by atoms with Gasteiger partial charge in [-0.1, -0.05) is 18.2 Å². The van der Waals surface area contributed by atoms with Crippen LogP contribution in [0.2, 0.25) is 0 Å². The Morgan fingerprint density at radius 1 is 1.22 bits per heavy atom. The highest BCUT2D eigenvalue weighted by atomic mass is 16.5. The molecular weight excluding hydrogens is 232 g/mol. The first-order valence-electron chi connectivity index (χ1n) is 5.80. The molecule has 0 spiro atoms. The van der Waals surface area contributed by atoms with Gasteiger partial charge in [0.15, 0.2) is 0 Å². The number of aryl methyl sites for hydroxylation is 1. The van der Waals surface area contributed by atoms with Gasteiger partial charge in [-0.15, -0.1) is 0 Å². The van der Waals surface area contributed by atoms with Crippen LogP contribution in [-0.2, 0) is 20.7 Å². The summed E-state index contributed by atoms with van der Waals surface area (Å²) in [4.78, 5) is 22.8. The smallest absolute Gasteiger partial charge is 0.316 e. The number of para-hydroxylation sites is 1. The monoisotopic (exact) mass is 250 g/mol. The van der Waals surface area contributed by atoms with E-state index in [0.29, 0.717) is 12.8 Å². The van der Waals surface area contributed by atoms with E-state index in [-0.39, 0.29) is 5.78 Å². The van der Waals surface area contributed by atoms with E-state index in [4.69, 9.17) is 4.74 Å². The SMILES string of the molecule is COC(=O)C(CCc1ccccc1OC)C(C)=O. The average Bonchev–Trinajstić information content (AvgIpc) is 2.38. The van der Waals surface area contributed by atoms with E-state index in [1.165, 1.54) is 14.0 Å². The number of ketones is 1. The van der Waals surface area contributed by atoms with Gasteiger partial charge in [0.1, 0.15) is 17.5 Å². The van der Waals surface area contributed by atoms with Gasteiger partial charge >= 0.3 is 5.97 Å². The van der Waals surface area contributed by atoms with Crippen molar-refractivity contribution in [2.24, 2.45) is 5.92 Å². The van der Waals surface area contributed by atoms with Crippen molar-refractivity contribution < 1.29 is 19.1 Å². The van der Waals surface area contributed by atoms with Crippen LogP contribution < -0.4 is 4.74 Å². The molecule has 0 aliphatic rings. The number of rotatable bonds is 6. The molecule has 0 aliphatic heterocycles. The van der Waals surface area contributed by atoms with Gasteiger partial charge in [-0.3, -0.25) is 9.59 Å². The van der Waals surface area contributed by atoms with Gasteiger partial charge in [0.2, 0.25) is 0 Å². The molecule has 1 atom stereocenters. The number of esters is 1. The minimum Gasteiger partial charge on any atom is -0.496 e. The Hall–Kier alpha value is -1.84. The van der Waals surface area contributed by atoms with Crippen LogP contribution in [-0.4, -0.2) is 26.0 Å². The Labute approximate surface area is 107 Å². The number of hydrogen-bond acceptors (Lipinski definition) is 4. The van der Waals surface area contributed by atoms with Crippen molar-refractivity contribution in [2.75, 3.05) is 14.2 Å². The van der Waals surface area contributed by atoms with E-state index < -0.39 is 11.9 Å². The van der Waals surface area contributed by atoms with Crippen LogP contribution in [0.4, 0.5) is 0 Å². The van der Waals surface area contributed by atoms with Gasteiger partial charge in [0.05, 0.1) is 14.2 Å². The fourth-order valence-corrected chi connectivity index (χ4v) is 1.84. The van der Waals surface area contributed by atoms with Crippen molar-refractivity contribution in [3.05, 3.63) is 29.8 Å². The summed E-state index contributed by atoms with van der Waals surface area (Å²) in [5.41, 5.74) is 0.982. The molecule has 1 rings (SSSR count). The second kappa shape index (κ2) is 6.79. The molecular formula is C14H18O4. The largest absolute Gasteiger partial charge is 0.496 e. The third kappa shape index (κ3) is 3.58. The van der Waals surface area contributed by atoms with Crippen molar-refractivity contribution in [2.45, 2.75) is 19.8 Å². The van der Waals surface area contributed by atoms with Gasteiger partial charge in [-0.25, -0.2) is 0 Å². The summed E-state index contributed by atoms with van der Waals surface area (Å²) in [6, 6.07) is 7.56. The van der Waals surface area contributed by atoms with Crippen LogP contribution >= 0.6 is 0 Å². The number of carbonyl (C=O) groups excluding carboxylic acids is 2. The van der Waals surface area contributed by atoms with Crippen LogP contribution in [0.1, 0.15) is 18.9 Å². The third-order valence-corrected chi connectivity index (χ3v) is 2.87. The quantitative estimate of drug-likeness (QED) is 0.572. The zero-order valence-corrected chi connectivity index (χ0v) is 10.9. The third-order valence-electron chi connectivity index (χ3n) is 2.87. The minimum absolute atomic E-state index is 0.170. The molecule has 98 valence electrons. The van der Waals surface area contributed by atoms with Crippen LogP contribution in [0.5, 0.6) is 5.75 Å². The maximum atomic E-state index is 11.5. The molecule has 4 heteroatoms. The van der Waals surface area contributed by atoms with E-state index in [0.717, 1.165) is 11.3 Å². The summed E-state index contributed by atoms with van der Waals surface area (Å²) in [5, 5.41) is 0. The highest BCUT2D eigenvalue weighted by Gasteiger charge is 2.24. The number of benzene rings is 1. The molecule has 0 fully saturated rings. The zero-order chi connectivity index (χ0) is 13.5. The number of methoxy groups -OCH3 is 2. The molecule has 0 bridgehead atoms. The molecule has 1 unspecified atom stereocenters. The summed E-state index contributed by atoms with van der Waals surface area (Å²) in [6.45, 7) is 1.41. The molecule has 1 aromatic rings. The lowest BCUT2D eigenvalue weighted by Gasteiger charge is -2.12. The van der Waals surface area contributed by atoms with Crippen molar-refractivity contribution in [3.63, 3.8) is 0 Å². The fraction of sp³-hybridized carbons (Fsp3) is 0.429. The zero-order valence-electron chi connectivity index (χ0n) is 10.9. The average molecular weight is 250 g/mol. The minimum atomic E-state index is -0.695. The molecule has 0 radical (unpaired) electrons. The second-order valence-electron chi connectivity index (χ2n) is 4.04. The number of ether oxygens (including phenoxy) is 2. The number of carbonyl (C=O) groups is 2. The summed E-state index contributed by atoms with van der Waals surface area (Å²) in [5.74, 6) is -0.571. The molecule has 18 heavy (non-hydrogen) atoms. The summed E-state index contributed by atoms with van der Waals surface area (Å²) in [7, 11) is 2.89. The maximum absolute atomic E-state index is 11.5. The van der Waals surface area contributed by atoms with Gasteiger partial charge in [0, 0.05) is 0 Å². The molecule has 0 amide bonds. The van der Waals surface area contributed by atoms with E-state index in [9.17, 15) is 9.59 Å². The molecule has 0 N–H and O–H groups in total. The van der Waals surface area contributed by atoms with Gasteiger partial charge < -0.3 is 9.47 Å². The van der Waals surface area contributed by atoms with Crippen LogP contribution in [0, 0.1) is 5.92 Å². The van der Waals surface area contributed by atoms with Crippen LogP contribution in [0.25, 0.3) is 0 Å². The predicted octanol–water partition coefficient (Wildman–Crippen LogP) is 2.01. The lowest BCUT2D eigenvalue weighted by atomic mass is 9.96. The lowest BCUT2D eigenvalue weighted by molar-refractivity contribution is -0.149. The summed E-state index contributed by atoms with van der Waals surface area (Å²) >= 11 is 0. The summed E-state index contributed by atoms with van der Waals surface area (Å²) in [6.07, 6.45) is 1.03. The molecule has 0 heterocycles. The van der Waals surface area contributed by atoms with Crippen molar-refractivity contribution in [1.82, 2.24) is 0 Å². The first kappa shape index (κ1) is 14.2. The maximum Gasteiger partial charge on any atom is 0.316 e. The highest BCUT2D eigenvalue weighted by molar-refractivity contribution is 5.97. The van der Waals surface area contributed by atoms with Crippen LogP contribution in [0.15, 0.2) is 24.3 Å². The molecule has 0 aliphatic carbocycles. The summed E-state index contributed by atoms with van der Waals surface area (Å²) < 4.78 is 9.85. The molecule has 0 saturated heterocycles. The normalized spacial score (nSPS) is 11.7. The topological polar surface area (TPSA) is 52.6 Å². The first-order chi connectivity index (χ1) is 8.60. The molecule has 0 aromatic heterocycles. The van der Waals surface area contributed by atoms with Crippen molar-refractivity contribution in [1.29, 1.82) is 0 Å². The Morgan fingerprint density at radius 3 is 2.44 bits per heavy atom. The van der Waals surface area contributed by atoms with E-state index >= 15 is 0 Å². The van der Waals surface area contributed by atoms with E-state index in [1.807, 2.05) is 24.3 Å². The molecule has 0 saturated carbocycles. The first-order valence-corrected chi connectivity index (χ1v) is 5.80. The van der Waals surface area contributed by atoms with Crippen LogP contribution in [0.3, 0.4) is 0 Å². The molecule has 4 nitrogen and oxygen atoms in total. The lowest BCUT2D eigenvalue weighted by Crippen LogP contribution is -2.23. The van der Waals surface area contributed by atoms with Gasteiger partial charge in [-0.05, 0) is 31.4 Å². The predicted molar refractivity (Wildman–Crippen MR) is 67.5 cm³/mol. The van der Waals surface area contributed by atoms with E-state index in [1.54, 1.807) is 7.11 Å². The number of Topliss-reactive ketones (excluding diaryl/α,β-unsaturated/α-hetero) is 1. The molecule has 1 aromatic carbocycles. The van der Waals surface area contributed by atoms with Crippen molar-refractivity contribution in [3.8, 4) is 5.75 Å². The Morgan fingerprint density at radius 2 is 1.89 bits per heavy atom. The van der Waals surface area contributed by atoms with E-state index in [2.05, 4.69) is 4.74 Å². The van der Waals surface area contributed by atoms with Gasteiger partial charge in [-0.2, -0.15) is 0 Å². The highest BCUT2D eigenvalue weighted by Crippen LogP contribution is 2.21. The standard InChI is InChI=1S/C14H18O4/c1-10(15)12(14(16)18-3)9-8-11-6-4-5-7-13(11)17-2/h4-7,12H,8-9H2,1-3H3. The fourth-order valence-electron chi connectivity index (χ4n) is 1.84. The number of hydrogen-bond donors (Lipinski definition) is 0. The van der Waals surface area contributed by atoms with Gasteiger partial charge in [0.25, 0.3) is 0 Å². The van der Waals surface area contributed by atoms with Crippen molar-refractivity contribution >= 4 is 11.8 Å². The Kier molecular flexibility index (Phi) is 5.36. The Balaban J connectivity index is 2.73. The Bertz CT molecular complexity index is 426. The second-order valence-corrected chi connectivity index (χ2v) is 4.04.